The molecule has 2 saturated carbocycles. The fourth-order valence-corrected chi connectivity index (χ4v) is 7.57. The van der Waals surface area contributed by atoms with Crippen LogP contribution in [0.15, 0.2) is 30.3 Å². The third-order valence-electron chi connectivity index (χ3n) is 5.94. The van der Waals surface area contributed by atoms with Crippen LogP contribution in [0.1, 0.15) is 46.5 Å². The van der Waals surface area contributed by atoms with Crippen LogP contribution < -0.4 is 4.46 Å². The molecule has 2 aliphatic carbocycles. The molecule has 3 atom stereocenters. The van der Waals surface area contributed by atoms with E-state index in [2.05, 4.69) is 38.1 Å². The van der Waals surface area contributed by atoms with Gasteiger partial charge in [0.1, 0.15) is 0 Å². The van der Waals surface area contributed by atoms with Crippen molar-refractivity contribution in [1.29, 1.82) is 0 Å². The van der Waals surface area contributed by atoms with Gasteiger partial charge in [-0.15, -0.1) is 0 Å². The van der Waals surface area contributed by atoms with Gasteiger partial charge in [0, 0.05) is 0 Å². The maximum absolute atomic E-state index is 13.2. The molecule has 3 nitrogen and oxygen atoms in total. The molecule has 0 amide bonds. The number of ketones is 1. The first kappa shape index (κ1) is 17.7. The Labute approximate surface area is 150 Å². The summed E-state index contributed by atoms with van der Waals surface area (Å²) >= 11 is 0.249. The second-order valence-corrected chi connectivity index (χ2v) is 10.1. The van der Waals surface area contributed by atoms with Crippen molar-refractivity contribution in [3.63, 3.8) is 0 Å². The van der Waals surface area contributed by atoms with Crippen LogP contribution in [0, 0.1) is 16.7 Å². The Bertz CT molecular complexity index is 625. The Morgan fingerprint density at radius 2 is 2.00 bits per heavy atom. The standard InChI is InChI=1S/C20H26O3Se/c1-4-23-18(22)20-12-8-9-14(17(20)21)13-16(19(20,2)3)24-15-10-6-5-7-11-15/h5-7,10-11,14,16H,4,8-9,12-13H2,1-3H3/t14-,16-,20-/m1/s1. The molecule has 0 aromatic heterocycles. The molecule has 0 spiro atoms. The van der Waals surface area contributed by atoms with Crippen molar-refractivity contribution < 1.29 is 14.3 Å². The van der Waals surface area contributed by atoms with E-state index in [0.717, 1.165) is 19.3 Å². The summed E-state index contributed by atoms with van der Waals surface area (Å²) in [5.74, 6) is -0.0951. The molecule has 0 aliphatic heterocycles. The number of carbonyl (C=O) groups excluding carboxylic acids is 2. The van der Waals surface area contributed by atoms with E-state index in [-0.39, 0.29) is 38.0 Å². The van der Waals surface area contributed by atoms with Crippen molar-refractivity contribution in [3.05, 3.63) is 30.3 Å². The van der Waals surface area contributed by atoms with Crippen molar-refractivity contribution in [3.8, 4) is 0 Å². The minimum atomic E-state index is -0.939. The van der Waals surface area contributed by atoms with Gasteiger partial charge < -0.3 is 0 Å². The number of esters is 1. The van der Waals surface area contributed by atoms with Crippen molar-refractivity contribution in [2.75, 3.05) is 6.61 Å². The first-order valence-electron chi connectivity index (χ1n) is 8.86. The van der Waals surface area contributed by atoms with E-state index in [1.807, 2.05) is 13.0 Å². The molecule has 4 heteroatoms. The molecule has 0 unspecified atom stereocenters. The number of rotatable bonds is 4. The molecule has 3 rings (SSSR count). The Hall–Kier alpha value is -1.12. The van der Waals surface area contributed by atoms with Crippen LogP contribution in [0.4, 0.5) is 0 Å². The van der Waals surface area contributed by atoms with Gasteiger partial charge >= 0.3 is 150 Å². The van der Waals surface area contributed by atoms with E-state index >= 15 is 0 Å². The van der Waals surface area contributed by atoms with Crippen molar-refractivity contribution >= 4 is 31.2 Å². The van der Waals surface area contributed by atoms with Crippen LogP contribution >= 0.6 is 0 Å². The van der Waals surface area contributed by atoms with E-state index < -0.39 is 5.41 Å². The van der Waals surface area contributed by atoms with Gasteiger partial charge in [0.15, 0.2) is 0 Å². The van der Waals surface area contributed by atoms with Crippen LogP contribution in [-0.2, 0) is 14.3 Å². The Morgan fingerprint density at radius 3 is 2.67 bits per heavy atom. The first-order valence-corrected chi connectivity index (χ1v) is 10.7. The third kappa shape index (κ3) is 2.64. The van der Waals surface area contributed by atoms with Crippen LogP contribution in [0.25, 0.3) is 0 Å². The van der Waals surface area contributed by atoms with Gasteiger partial charge in [-0.25, -0.2) is 0 Å². The van der Waals surface area contributed by atoms with Crippen LogP contribution in [-0.4, -0.2) is 33.3 Å². The topological polar surface area (TPSA) is 43.4 Å². The van der Waals surface area contributed by atoms with Gasteiger partial charge in [-0.3, -0.25) is 0 Å². The molecule has 0 N–H and O–H groups in total. The summed E-state index contributed by atoms with van der Waals surface area (Å²) in [4.78, 5) is 26.5. The zero-order valence-electron chi connectivity index (χ0n) is 14.7. The molecule has 1 aromatic carbocycles. The van der Waals surface area contributed by atoms with Gasteiger partial charge in [-0.1, -0.05) is 0 Å². The quantitative estimate of drug-likeness (QED) is 0.449. The molecule has 2 aliphatic rings. The third-order valence-corrected chi connectivity index (χ3v) is 9.32. The fraction of sp³-hybridized carbons (Fsp3) is 0.600. The summed E-state index contributed by atoms with van der Waals surface area (Å²) in [6, 6.07) is 10.5. The molecule has 130 valence electrons. The number of ether oxygens (including phenoxy) is 1. The second kappa shape index (κ2) is 6.65. The SMILES string of the molecule is CCOC(=O)[C@]12CCC[C@H](C[C@@H]([Se]c3ccccc3)C1(C)C)C2=O. The molecule has 0 heterocycles. The summed E-state index contributed by atoms with van der Waals surface area (Å²) < 4.78 is 6.75. The van der Waals surface area contributed by atoms with E-state index in [4.69, 9.17) is 4.74 Å². The van der Waals surface area contributed by atoms with Crippen molar-refractivity contribution in [2.24, 2.45) is 16.7 Å². The molecule has 0 saturated heterocycles. The molecule has 0 radical (unpaired) electrons. The van der Waals surface area contributed by atoms with Gasteiger partial charge in [-0.2, -0.15) is 0 Å². The normalized spacial score (nSPS) is 31.5. The molecule has 2 fully saturated rings. The summed E-state index contributed by atoms with van der Waals surface area (Å²) in [5, 5.41) is 0. The molecular formula is C20H26O3Se. The van der Waals surface area contributed by atoms with Crippen molar-refractivity contribution in [2.45, 2.75) is 51.3 Å². The molecule has 24 heavy (non-hydrogen) atoms. The monoisotopic (exact) mass is 394 g/mol. The van der Waals surface area contributed by atoms with Crippen LogP contribution in [0.5, 0.6) is 0 Å². The van der Waals surface area contributed by atoms with E-state index in [1.165, 1.54) is 4.46 Å². The van der Waals surface area contributed by atoms with Gasteiger partial charge in [0.2, 0.25) is 0 Å². The molecule has 1 aromatic rings. The number of benzene rings is 1. The number of carbonyl (C=O) groups is 2. The van der Waals surface area contributed by atoms with Crippen LogP contribution in [0.2, 0.25) is 4.82 Å². The van der Waals surface area contributed by atoms with Gasteiger partial charge in [0.05, 0.1) is 0 Å². The maximum atomic E-state index is 13.2. The predicted molar refractivity (Wildman–Crippen MR) is 95.4 cm³/mol. The average Bonchev–Trinajstić information content (AvgIpc) is 2.55. The first-order chi connectivity index (χ1) is 11.4. The average molecular weight is 393 g/mol. The fourth-order valence-electron chi connectivity index (χ4n) is 4.49. The van der Waals surface area contributed by atoms with E-state index in [0.29, 0.717) is 17.8 Å². The van der Waals surface area contributed by atoms with Gasteiger partial charge in [-0.05, 0) is 0 Å². The Balaban J connectivity index is 1.99. The number of Topliss-reactive ketones (excluding diaryl/α,β-unsaturated/α-hetero) is 1. The predicted octanol–water partition coefficient (Wildman–Crippen LogP) is 3.15. The minimum absolute atomic E-state index is 0.0340. The number of hydrogen-bond acceptors (Lipinski definition) is 3. The Kier molecular flexibility index (Phi) is 4.90. The Morgan fingerprint density at radius 1 is 1.29 bits per heavy atom. The van der Waals surface area contributed by atoms with Crippen molar-refractivity contribution in [1.82, 2.24) is 0 Å². The molecule has 2 bridgehead atoms. The van der Waals surface area contributed by atoms with E-state index in [1.54, 1.807) is 0 Å². The number of fused-ring (bicyclic) bond motifs is 2. The second-order valence-electron chi connectivity index (χ2n) is 7.46. The van der Waals surface area contributed by atoms with Gasteiger partial charge in [0.25, 0.3) is 0 Å². The number of hydrogen-bond donors (Lipinski definition) is 0. The molecular weight excluding hydrogens is 367 g/mol. The summed E-state index contributed by atoms with van der Waals surface area (Å²) in [7, 11) is 0. The summed E-state index contributed by atoms with van der Waals surface area (Å²) in [6.45, 7) is 6.40. The zero-order valence-corrected chi connectivity index (χ0v) is 16.4. The van der Waals surface area contributed by atoms with E-state index in [9.17, 15) is 9.59 Å². The van der Waals surface area contributed by atoms with Crippen LogP contribution in [0.3, 0.4) is 0 Å². The summed E-state index contributed by atoms with van der Waals surface area (Å²) in [6.07, 6.45) is 3.44. The zero-order chi connectivity index (χ0) is 17.4. The summed E-state index contributed by atoms with van der Waals surface area (Å²) in [5.41, 5.74) is -1.30.